The first-order valence-corrected chi connectivity index (χ1v) is 4.70. The van der Waals surface area contributed by atoms with E-state index in [1.165, 1.54) is 0 Å². The van der Waals surface area contributed by atoms with E-state index >= 15 is 0 Å². The summed E-state index contributed by atoms with van der Waals surface area (Å²) in [5.41, 5.74) is 2.10. The highest BCUT2D eigenvalue weighted by molar-refractivity contribution is 7.71. The topological polar surface area (TPSA) is 37.9 Å². The second-order valence-corrected chi connectivity index (χ2v) is 3.26. The number of rotatable bonds is 3. The lowest BCUT2D eigenvalue weighted by Gasteiger charge is -2.05. The average molecular weight is 198 g/mol. The van der Waals surface area contributed by atoms with Crippen LogP contribution in [0.15, 0.2) is 0 Å². The second-order valence-electron chi connectivity index (χ2n) is 2.88. The van der Waals surface area contributed by atoms with Crippen molar-refractivity contribution < 1.29 is 4.74 Å². The maximum absolute atomic E-state index is 5.23. The minimum atomic E-state index is 0.501. The molecule has 4 heteroatoms. The van der Waals surface area contributed by atoms with Crippen molar-refractivity contribution in [2.75, 3.05) is 6.61 Å². The van der Waals surface area contributed by atoms with Crippen LogP contribution in [0.1, 0.15) is 24.0 Å². The highest BCUT2D eigenvalue weighted by atomic mass is 32.1. The van der Waals surface area contributed by atoms with Gasteiger partial charge in [0.1, 0.15) is 17.1 Å². The molecule has 0 aliphatic heterocycles. The molecule has 0 unspecified atom stereocenters. The lowest BCUT2D eigenvalue weighted by Crippen LogP contribution is -2.02. The Labute approximate surface area is 83.2 Å². The van der Waals surface area contributed by atoms with Gasteiger partial charge in [-0.3, -0.25) is 0 Å². The number of ether oxygens (including phenoxy) is 1. The monoisotopic (exact) mass is 198 g/mol. The van der Waals surface area contributed by atoms with Crippen LogP contribution >= 0.6 is 12.2 Å². The van der Waals surface area contributed by atoms with E-state index in [-0.39, 0.29) is 0 Å². The Morgan fingerprint density at radius 2 is 2.15 bits per heavy atom. The van der Waals surface area contributed by atoms with Gasteiger partial charge in [0.25, 0.3) is 0 Å². The Kier molecular flexibility index (Phi) is 3.57. The Bertz CT molecular complexity index is 346. The maximum Gasteiger partial charge on any atom is 0.134 e. The van der Waals surface area contributed by atoms with Gasteiger partial charge in [-0.05, 0) is 20.8 Å². The van der Waals surface area contributed by atoms with Crippen LogP contribution in [0.3, 0.4) is 0 Å². The van der Waals surface area contributed by atoms with Crippen LogP contribution in [-0.2, 0) is 11.3 Å². The van der Waals surface area contributed by atoms with Gasteiger partial charge in [-0.25, -0.2) is 4.98 Å². The Balaban J connectivity index is 2.93. The molecular weight excluding hydrogens is 184 g/mol. The van der Waals surface area contributed by atoms with Crippen molar-refractivity contribution in [1.29, 1.82) is 0 Å². The van der Waals surface area contributed by atoms with E-state index in [9.17, 15) is 0 Å². The normalized spacial score (nSPS) is 10.4. The summed E-state index contributed by atoms with van der Waals surface area (Å²) in [6.45, 7) is 7.10. The molecule has 3 nitrogen and oxygen atoms in total. The number of H-pyrrole nitrogens is 1. The minimum absolute atomic E-state index is 0.501. The molecule has 0 radical (unpaired) electrons. The molecule has 0 atom stereocenters. The van der Waals surface area contributed by atoms with Crippen LogP contribution < -0.4 is 0 Å². The summed E-state index contributed by atoms with van der Waals surface area (Å²) in [5.74, 6) is 0.801. The Morgan fingerprint density at radius 1 is 1.46 bits per heavy atom. The van der Waals surface area contributed by atoms with Crippen LogP contribution in [-0.4, -0.2) is 16.6 Å². The summed E-state index contributed by atoms with van der Waals surface area (Å²) in [6.07, 6.45) is 0. The molecule has 72 valence electrons. The van der Waals surface area contributed by atoms with E-state index in [1.807, 2.05) is 20.8 Å². The maximum atomic E-state index is 5.23. The van der Waals surface area contributed by atoms with Crippen molar-refractivity contribution >= 4 is 12.2 Å². The zero-order valence-corrected chi connectivity index (χ0v) is 8.99. The Morgan fingerprint density at radius 3 is 2.69 bits per heavy atom. The summed E-state index contributed by atoms with van der Waals surface area (Å²) in [7, 11) is 0. The predicted octanol–water partition coefficient (Wildman–Crippen LogP) is 2.29. The number of hydrogen-bond acceptors (Lipinski definition) is 3. The molecule has 0 saturated heterocycles. The van der Waals surface area contributed by atoms with E-state index in [4.69, 9.17) is 17.0 Å². The summed E-state index contributed by atoms with van der Waals surface area (Å²) in [6, 6.07) is 0. The van der Waals surface area contributed by atoms with Gasteiger partial charge in [0.05, 0.1) is 0 Å². The van der Waals surface area contributed by atoms with Crippen LogP contribution in [0, 0.1) is 18.5 Å². The quantitative estimate of drug-likeness (QED) is 0.757. The second kappa shape index (κ2) is 4.48. The number of aromatic amines is 1. The zero-order chi connectivity index (χ0) is 9.84. The van der Waals surface area contributed by atoms with Crippen LogP contribution in [0.25, 0.3) is 0 Å². The van der Waals surface area contributed by atoms with Gasteiger partial charge in [-0.2, -0.15) is 0 Å². The fourth-order valence-electron chi connectivity index (χ4n) is 0.972. The third-order valence-corrected chi connectivity index (χ3v) is 2.29. The first-order valence-electron chi connectivity index (χ1n) is 4.29. The number of nitrogens with zero attached hydrogens (tertiary/aromatic N) is 1. The molecule has 0 saturated carbocycles. The third-order valence-electron chi connectivity index (χ3n) is 1.89. The van der Waals surface area contributed by atoms with Crippen molar-refractivity contribution in [3.05, 3.63) is 21.7 Å². The molecule has 0 aromatic carbocycles. The smallest absolute Gasteiger partial charge is 0.134 e. The fourth-order valence-corrected chi connectivity index (χ4v) is 1.24. The number of aromatic nitrogens is 2. The molecule has 1 aromatic rings. The van der Waals surface area contributed by atoms with Gasteiger partial charge in [0.2, 0.25) is 0 Å². The van der Waals surface area contributed by atoms with Crippen molar-refractivity contribution in [3.8, 4) is 0 Å². The van der Waals surface area contributed by atoms with Crippen molar-refractivity contribution in [1.82, 2.24) is 9.97 Å². The van der Waals surface area contributed by atoms with Gasteiger partial charge in [-0.15, -0.1) is 0 Å². The number of aryl methyl sites for hydroxylation is 1. The summed E-state index contributed by atoms with van der Waals surface area (Å²) in [5, 5.41) is 0. The predicted molar refractivity (Wildman–Crippen MR) is 54.2 cm³/mol. The van der Waals surface area contributed by atoms with Gasteiger partial charge < -0.3 is 9.72 Å². The first kappa shape index (κ1) is 10.3. The molecular formula is C9H14N2OS. The molecule has 0 aliphatic rings. The van der Waals surface area contributed by atoms with E-state index < -0.39 is 0 Å². The highest BCUT2D eigenvalue weighted by Gasteiger charge is 2.00. The van der Waals surface area contributed by atoms with Gasteiger partial charge >= 0.3 is 0 Å². The third kappa shape index (κ3) is 2.60. The molecule has 1 N–H and O–H groups in total. The molecule has 0 amide bonds. The zero-order valence-electron chi connectivity index (χ0n) is 8.18. The summed E-state index contributed by atoms with van der Waals surface area (Å²) in [4.78, 5) is 7.35. The Hall–Kier alpha value is -0.740. The lowest BCUT2D eigenvalue weighted by atomic mass is 10.3. The van der Waals surface area contributed by atoms with Gasteiger partial charge in [0.15, 0.2) is 0 Å². The number of nitrogens with one attached hydrogen (secondary N) is 1. The molecule has 0 aliphatic carbocycles. The standard InChI is InChI=1S/C9H14N2OS/c1-4-12-5-8-10-7(3)6(2)9(13)11-8/h4-5H2,1-3H3,(H,10,11,13). The highest BCUT2D eigenvalue weighted by Crippen LogP contribution is 2.05. The van der Waals surface area contributed by atoms with E-state index in [1.54, 1.807) is 0 Å². The first-order chi connectivity index (χ1) is 6.15. The van der Waals surface area contributed by atoms with Gasteiger partial charge in [-0.1, -0.05) is 12.2 Å². The molecule has 0 fully saturated rings. The van der Waals surface area contributed by atoms with Crippen molar-refractivity contribution in [2.45, 2.75) is 27.4 Å². The largest absolute Gasteiger partial charge is 0.374 e. The summed E-state index contributed by atoms with van der Waals surface area (Å²) < 4.78 is 5.89. The number of hydrogen-bond donors (Lipinski definition) is 1. The van der Waals surface area contributed by atoms with E-state index in [2.05, 4.69) is 9.97 Å². The molecule has 13 heavy (non-hydrogen) atoms. The summed E-state index contributed by atoms with van der Waals surface area (Å²) >= 11 is 5.09. The average Bonchev–Trinajstić information content (AvgIpc) is 2.10. The van der Waals surface area contributed by atoms with E-state index in [0.29, 0.717) is 17.9 Å². The van der Waals surface area contributed by atoms with E-state index in [0.717, 1.165) is 17.1 Å². The molecule has 1 rings (SSSR count). The van der Waals surface area contributed by atoms with Gasteiger partial charge in [0, 0.05) is 17.9 Å². The van der Waals surface area contributed by atoms with Crippen molar-refractivity contribution in [2.24, 2.45) is 0 Å². The molecule has 0 spiro atoms. The minimum Gasteiger partial charge on any atom is -0.374 e. The lowest BCUT2D eigenvalue weighted by molar-refractivity contribution is 0.128. The fraction of sp³-hybridized carbons (Fsp3) is 0.556. The van der Waals surface area contributed by atoms with Crippen molar-refractivity contribution in [3.63, 3.8) is 0 Å². The van der Waals surface area contributed by atoms with Crippen LogP contribution in [0.4, 0.5) is 0 Å². The molecule has 1 aromatic heterocycles. The molecule has 1 heterocycles. The SMILES string of the molecule is CCOCc1nc(=S)c(C)c(C)[nH]1. The van der Waals surface area contributed by atoms with Crippen LogP contribution in [0.5, 0.6) is 0 Å². The molecule has 0 bridgehead atoms. The van der Waals surface area contributed by atoms with Crippen LogP contribution in [0.2, 0.25) is 0 Å².